The van der Waals surface area contributed by atoms with E-state index in [4.69, 9.17) is 10.3 Å². The Labute approximate surface area is 126 Å². The fraction of sp³-hybridized carbons (Fsp3) is 0.462. The number of thioether (sulfide) groups is 2. The zero-order valence-electron chi connectivity index (χ0n) is 11.2. The maximum absolute atomic E-state index is 5.58. The Hall–Kier alpha value is -1.21. The lowest BCUT2D eigenvalue weighted by molar-refractivity contribution is 0.421. The van der Waals surface area contributed by atoms with Crippen molar-refractivity contribution in [2.24, 2.45) is 0 Å². The van der Waals surface area contributed by atoms with Gasteiger partial charge in [-0.3, -0.25) is 0 Å². The number of anilines is 1. The summed E-state index contributed by atoms with van der Waals surface area (Å²) < 4.78 is 5.37. The van der Waals surface area contributed by atoms with Crippen LogP contribution in [-0.4, -0.2) is 31.9 Å². The minimum absolute atomic E-state index is 0.318. The quantitative estimate of drug-likeness (QED) is 0.933. The van der Waals surface area contributed by atoms with Crippen LogP contribution in [0, 0.1) is 0 Å². The monoisotopic (exact) mass is 308 g/mol. The van der Waals surface area contributed by atoms with Crippen molar-refractivity contribution in [3.63, 3.8) is 0 Å². The predicted molar refractivity (Wildman–Crippen MR) is 83.7 cm³/mol. The molecule has 1 aliphatic rings. The number of pyridine rings is 1. The van der Waals surface area contributed by atoms with Gasteiger partial charge in [-0.15, -0.1) is 11.8 Å². The summed E-state index contributed by atoms with van der Waals surface area (Å²) >= 11 is 3.92. The van der Waals surface area contributed by atoms with Gasteiger partial charge < -0.3 is 10.3 Å². The van der Waals surface area contributed by atoms with Crippen molar-refractivity contribution in [3.05, 3.63) is 24.2 Å². The van der Waals surface area contributed by atoms with Gasteiger partial charge in [0, 0.05) is 23.0 Å². The first kappa shape index (κ1) is 13.8. The van der Waals surface area contributed by atoms with E-state index < -0.39 is 0 Å². The predicted octanol–water partition coefficient (Wildman–Crippen LogP) is 3.01. The van der Waals surface area contributed by atoms with E-state index in [1.54, 1.807) is 12.3 Å². The molecule has 0 bridgehead atoms. The third kappa shape index (κ3) is 2.78. The van der Waals surface area contributed by atoms with Crippen molar-refractivity contribution in [3.8, 4) is 11.5 Å². The van der Waals surface area contributed by atoms with Crippen LogP contribution in [0.2, 0.25) is 0 Å². The van der Waals surface area contributed by atoms with E-state index >= 15 is 0 Å². The van der Waals surface area contributed by atoms with Gasteiger partial charge in [0.05, 0.1) is 10.8 Å². The SMILES string of the molecule is CCC1SCCSC1c1noc(-c2ccc(N)nc2)n1. The largest absolute Gasteiger partial charge is 0.384 e. The molecule has 1 fully saturated rings. The minimum Gasteiger partial charge on any atom is -0.384 e. The molecule has 1 aliphatic heterocycles. The second kappa shape index (κ2) is 6.05. The number of aromatic nitrogens is 3. The zero-order chi connectivity index (χ0) is 13.9. The average molecular weight is 308 g/mol. The minimum atomic E-state index is 0.318. The van der Waals surface area contributed by atoms with Crippen molar-refractivity contribution in [2.45, 2.75) is 23.8 Å². The van der Waals surface area contributed by atoms with Crippen LogP contribution in [0.4, 0.5) is 5.82 Å². The van der Waals surface area contributed by atoms with E-state index in [-0.39, 0.29) is 0 Å². The van der Waals surface area contributed by atoms with Crippen LogP contribution < -0.4 is 5.73 Å². The number of rotatable bonds is 3. The molecule has 7 heteroatoms. The first-order valence-corrected chi connectivity index (χ1v) is 8.66. The topological polar surface area (TPSA) is 77.8 Å². The van der Waals surface area contributed by atoms with Crippen LogP contribution in [0.25, 0.3) is 11.5 Å². The molecule has 0 aromatic carbocycles. The Morgan fingerprint density at radius 1 is 1.35 bits per heavy atom. The molecule has 20 heavy (non-hydrogen) atoms. The highest BCUT2D eigenvalue weighted by Crippen LogP contribution is 2.43. The normalized spacial score (nSPS) is 22.9. The zero-order valence-corrected chi connectivity index (χ0v) is 12.8. The van der Waals surface area contributed by atoms with Crippen molar-refractivity contribution >= 4 is 29.3 Å². The van der Waals surface area contributed by atoms with Gasteiger partial charge in [-0.2, -0.15) is 16.7 Å². The molecule has 2 unspecified atom stereocenters. The molecule has 2 aromatic rings. The van der Waals surface area contributed by atoms with Crippen LogP contribution >= 0.6 is 23.5 Å². The summed E-state index contributed by atoms with van der Waals surface area (Å²) in [7, 11) is 0. The lowest BCUT2D eigenvalue weighted by Gasteiger charge is -2.27. The maximum atomic E-state index is 5.58. The highest BCUT2D eigenvalue weighted by molar-refractivity contribution is 8.06. The number of hydrogen-bond donors (Lipinski definition) is 1. The van der Waals surface area contributed by atoms with Gasteiger partial charge in [0.25, 0.3) is 5.89 Å². The van der Waals surface area contributed by atoms with E-state index in [2.05, 4.69) is 22.0 Å². The Kier molecular flexibility index (Phi) is 4.16. The summed E-state index contributed by atoms with van der Waals surface area (Å²) in [4.78, 5) is 8.59. The summed E-state index contributed by atoms with van der Waals surface area (Å²) in [5, 5.41) is 5.03. The Morgan fingerprint density at radius 3 is 2.95 bits per heavy atom. The lowest BCUT2D eigenvalue weighted by Crippen LogP contribution is -2.19. The molecule has 2 aromatic heterocycles. The van der Waals surface area contributed by atoms with E-state index in [1.165, 1.54) is 5.75 Å². The molecule has 3 heterocycles. The second-order valence-electron chi connectivity index (χ2n) is 4.54. The average Bonchev–Trinajstić information content (AvgIpc) is 2.97. The molecule has 1 saturated heterocycles. The summed E-state index contributed by atoms with van der Waals surface area (Å²) in [6.07, 6.45) is 2.78. The molecule has 0 spiro atoms. The summed E-state index contributed by atoms with van der Waals surface area (Å²) in [6, 6.07) is 3.58. The van der Waals surface area contributed by atoms with Crippen molar-refractivity contribution in [1.29, 1.82) is 0 Å². The number of nitrogen functional groups attached to an aromatic ring is 1. The van der Waals surface area contributed by atoms with Gasteiger partial charge in [-0.05, 0) is 18.6 Å². The van der Waals surface area contributed by atoms with E-state index in [0.717, 1.165) is 23.6 Å². The molecule has 0 amide bonds. The fourth-order valence-corrected chi connectivity index (χ4v) is 5.12. The van der Waals surface area contributed by atoms with Crippen molar-refractivity contribution in [1.82, 2.24) is 15.1 Å². The smallest absolute Gasteiger partial charge is 0.259 e. The van der Waals surface area contributed by atoms with E-state index in [1.807, 2.05) is 29.6 Å². The van der Waals surface area contributed by atoms with Crippen LogP contribution in [0.3, 0.4) is 0 Å². The molecule has 0 aliphatic carbocycles. The molecule has 2 N–H and O–H groups in total. The number of nitrogens with two attached hydrogens (primary N) is 1. The van der Waals surface area contributed by atoms with Crippen LogP contribution in [0.5, 0.6) is 0 Å². The van der Waals surface area contributed by atoms with Gasteiger partial charge in [0.15, 0.2) is 5.82 Å². The van der Waals surface area contributed by atoms with Gasteiger partial charge >= 0.3 is 0 Å². The van der Waals surface area contributed by atoms with Crippen LogP contribution in [0.15, 0.2) is 22.9 Å². The Balaban J connectivity index is 1.84. The number of nitrogens with zero attached hydrogens (tertiary/aromatic N) is 3. The molecule has 0 saturated carbocycles. The van der Waals surface area contributed by atoms with Gasteiger partial charge in [-0.1, -0.05) is 12.1 Å². The molecule has 0 radical (unpaired) electrons. The Morgan fingerprint density at radius 2 is 2.20 bits per heavy atom. The lowest BCUT2D eigenvalue weighted by atomic mass is 10.2. The standard InChI is InChI=1S/C13H16N4OS2/c1-2-9-11(20-6-5-19-9)12-16-13(18-17-12)8-3-4-10(14)15-7-8/h3-4,7,9,11H,2,5-6H2,1H3,(H2,14,15). The van der Waals surface area contributed by atoms with E-state index in [0.29, 0.717) is 22.2 Å². The van der Waals surface area contributed by atoms with Crippen LogP contribution in [0.1, 0.15) is 24.4 Å². The second-order valence-corrected chi connectivity index (χ2v) is 7.13. The summed E-state index contributed by atoms with van der Waals surface area (Å²) in [5.74, 6) is 4.13. The summed E-state index contributed by atoms with van der Waals surface area (Å²) in [5.41, 5.74) is 6.38. The van der Waals surface area contributed by atoms with Gasteiger partial charge in [-0.25, -0.2) is 4.98 Å². The first-order chi connectivity index (χ1) is 9.78. The first-order valence-electron chi connectivity index (χ1n) is 6.56. The summed E-state index contributed by atoms with van der Waals surface area (Å²) in [6.45, 7) is 2.21. The highest BCUT2D eigenvalue weighted by Gasteiger charge is 2.30. The Bertz CT molecular complexity index is 572. The highest BCUT2D eigenvalue weighted by atomic mass is 32.2. The van der Waals surface area contributed by atoms with Crippen molar-refractivity contribution < 1.29 is 4.52 Å². The number of hydrogen-bond acceptors (Lipinski definition) is 7. The fourth-order valence-electron chi connectivity index (χ4n) is 2.14. The molecule has 106 valence electrons. The molecule has 2 atom stereocenters. The molecule has 3 rings (SSSR count). The molecular weight excluding hydrogens is 292 g/mol. The van der Waals surface area contributed by atoms with Gasteiger partial charge in [0.2, 0.25) is 0 Å². The van der Waals surface area contributed by atoms with Crippen LogP contribution in [-0.2, 0) is 0 Å². The van der Waals surface area contributed by atoms with E-state index in [9.17, 15) is 0 Å². The molecule has 5 nitrogen and oxygen atoms in total. The van der Waals surface area contributed by atoms with Crippen molar-refractivity contribution in [2.75, 3.05) is 17.2 Å². The maximum Gasteiger partial charge on any atom is 0.259 e. The van der Waals surface area contributed by atoms with Gasteiger partial charge in [0.1, 0.15) is 5.82 Å². The third-order valence-corrected chi connectivity index (χ3v) is 6.42. The third-order valence-electron chi connectivity index (χ3n) is 3.18. The molecular formula is C13H16N4OS2.